The van der Waals surface area contributed by atoms with Crippen molar-refractivity contribution < 1.29 is 9.59 Å². The van der Waals surface area contributed by atoms with E-state index in [1.54, 1.807) is 29.2 Å². The minimum absolute atomic E-state index is 0.130. The highest BCUT2D eigenvalue weighted by atomic mass is 35.5. The Kier molecular flexibility index (Phi) is 9.63. The average Bonchev–Trinajstić information content (AvgIpc) is 2.70. The molecule has 8 heteroatoms. The SMILES string of the molecule is CCNC(=O)[C@@H](CC)N(Cc1ccc(Cl)c(Cl)c1)C(=O)CSc1ccc(Cl)cc1. The van der Waals surface area contributed by atoms with Gasteiger partial charge in [0.15, 0.2) is 0 Å². The largest absolute Gasteiger partial charge is 0.355 e. The van der Waals surface area contributed by atoms with Gasteiger partial charge in [0.05, 0.1) is 15.8 Å². The van der Waals surface area contributed by atoms with E-state index in [0.717, 1.165) is 10.5 Å². The van der Waals surface area contributed by atoms with Crippen molar-refractivity contribution in [3.05, 3.63) is 63.1 Å². The molecule has 1 N–H and O–H groups in total. The van der Waals surface area contributed by atoms with Crippen LogP contribution in [0.4, 0.5) is 0 Å². The molecule has 2 aromatic rings. The average molecular weight is 474 g/mol. The van der Waals surface area contributed by atoms with Crippen molar-refractivity contribution in [1.29, 1.82) is 0 Å². The van der Waals surface area contributed by atoms with Crippen molar-refractivity contribution in [3.63, 3.8) is 0 Å². The van der Waals surface area contributed by atoms with E-state index in [-0.39, 0.29) is 24.1 Å². The smallest absolute Gasteiger partial charge is 0.242 e. The highest BCUT2D eigenvalue weighted by Crippen LogP contribution is 2.25. The van der Waals surface area contributed by atoms with Gasteiger partial charge in [-0.05, 0) is 55.3 Å². The van der Waals surface area contributed by atoms with E-state index >= 15 is 0 Å². The zero-order chi connectivity index (χ0) is 21.4. The zero-order valence-electron chi connectivity index (χ0n) is 16.3. The Labute approximate surface area is 190 Å². The highest BCUT2D eigenvalue weighted by Gasteiger charge is 2.28. The molecule has 156 valence electrons. The topological polar surface area (TPSA) is 49.4 Å². The third-order valence-electron chi connectivity index (χ3n) is 4.25. The summed E-state index contributed by atoms with van der Waals surface area (Å²) in [6.45, 7) is 4.52. The molecule has 29 heavy (non-hydrogen) atoms. The number of nitrogens with zero attached hydrogens (tertiary/aromatic N) is 1. The fraction of sp³-hybridized carbons (Fsp3) is 0.333. The van der Waals surface area contributed by atoms with Crippen molar-refractivity contribution in [2.45, 2.75) is 37.8 Å². The maximum atomic E-state index is 13.1. The third-order valence-corrected chi connectivity index (χ3v) is 6.24. The molecular formula is C21H23Cl3N2O2S. The number of nitrogens with one attached hydrogen (secondary N) is 1. The van der Waals surface area contributed by atoms with Crippen LogP contribution in [0.15, 0.2) is 47.4 Å². The number of carbonyl (C=O) groups excluding carboxylic acids is 2. The number of rotatable bonds is 9. The fourth-order valence-corrected chi connectivity index (χ4v) is 4.04. The Hall–Kier alpha value is -1.40. The summed E-state index contributed by atoms with van der Waals surface area (Å²) in [6, 6.07) is 12.0. The molecule has 4 nitrogen and oxygen atoms in total. The van der Waals surface area contributed by atoms with Gasteiger partial charge in [-0.2, -0.15) is 0 Å². The quantitative estimate of drug-likeness (QED) is 0.476. The number of thioether (sulfide) groups is 1. The van der Waals surface area contributed by atoms with Crippen LogP contribution in [0.2, 0.25) is 15.1 Å². The zero-order valence-corrected chi connectivity index (χ0v) is 19.3. The summed E-state index contributed by atoms with van der Waals surface area (Å²) >= 11 is 19.4. The van der Waals surface area contributed by atoms with Crippen molar-refractivity contribution >= 4 is 58.4 Å². The predicted molar refractivity (Wildman–Crippen MR) is 122 cm³/mol. The van der Waals surface area contributed by atoms with Gasteiger partial charge in [0.1, 0.15) is 6.04 Å². The van der Waals surface area contributed by atoms with E-state index in [4.69, 9.17) is 34.8 Å². The lowest BCUT2D eigenvalue weighted by molar-refractivity contribution is -0.139. The summed E-state index contributed by atoms with van der Waals surface area (Å²) in [6.07, 6.45) is 0.504. The van der Waals surface area contributed by atoms with E-state index in [0.29, 0.717) is 28.0 Å². The number of carbonyl (C=O) groups is 2. The second-order valence-electron chi connectivity index (χ2n) is 6.33. The first-order valence-electron chi connectivity index (χ1n) is 9.25. The number of hydrogen-bond acceptors (Lipinski definition) is 3. The molecule has 0 spiro atoms. The second kappa shape index (κ2) is 11.7. The Balaban J connectivity index is 2.21. The standard InChI is InChI=1S/C21H23Cl3N2O2S/c1-3-19(21(28)25-4-2)26(12-14-5-10-17(23)18(24)11-14)20(27)13-29-16-8-6-15(22)7-9-16/h5-11,19H,3-4,12-13H2,1-2H3,(H,25,28)/t19-/m1/s1. The molecule has 1 atom stereocenters. The Morgan fingerprint density at radius 3 is 2.31 bits per heavy atom. The lowest BCUT2D eigenvalue weighted by Crippen LogP contribution is -2.49. The van der Waals surface area contributed by atoms with Gasteiger partial charge in [0.2, 0.25) is 11.8 Å². The molecule has 0 saturated heterocycles. The van der Waals surface area contributed by atoms with Crippen molar-refractivity contribution in [2.24, 2.45) is 0 Å². The maximum absolute atomic E-state index is 13.1. The fourth-order valence-electron chi connectivity index (χ4n) is 2.81. The van der Waals surface area contributed by atoms with Gasteiger partial charge in [-0.1, -0.05) is 47.8 Å². The van der Waals surface area contributed by atoms with Gasteiger partial charge in [-0.15, -0.1) is 11.8 Å². The number of likely N-dealkylation sites (N-methyl/N-ethyl adjacent to an activating group) is 1. The molecule has 0 aromatic heterocycles. The third kappa shape index (κ3) is 7.10. The lowest BCUT2D eigenvalue weighted by atomic mass is 10.1. The van der Waals surface area contributed by atoms with Crippen LogP contribution in [0.5, 0.6) is 0 Å². The molecule has 0 aliphatic rings. The van der Waals surface area contributed by atoms with Crippen LogP contribution < -0.4 is 5.32 Å². The molecule has 0 fully saturated rings. The molecule has 2 rings (SSSR count). The van der Waals surface area contributed by atoms with Gasteiger partial charge in [0, 0.05) is 23.0 Å². The minimum atomic E-state index is -0.567. The van der Waals surface area contributed by atoms with Crippen LogP contribution in [0.1, 0.15) is 25.8 Å². The van der Waals surface area contributed by atoms with Gasteiger partial charge in [-0.25, -0.2) is 0 Å². The summed E-state index contributed by atoms with van der Waals surface area (Å²) in [5, 5.41) is 4.32. The first-order chi connectivity index (χ1) is 13.8. The number of benzene rings is 2. The van der Waals surface area contributed by atoms with E-state index in [9.17, 15) is 9.59 Å². The molecule has 0 aliphatic heterocycles. The van der Waals surface area contributed by atoms with Crippen LogP contribution in [0, 0.1) is 0 Å². The molecule has 0 bridgehead atoms. The van der Waals surface area contributed by atoms with E-state index in [1.165, 1.54) is 11.8 Å². The van der Waals surface area contributed by atoms with E-state index in [2.05, 4.69) is 5.32 Å². The first kappa shape index (κ1) is 23.9. The Morgan fingerprint density at radius 2 is 1.72 bits per heavy atom. The molecule has 0 unspecified atom stereocenters. The summed E-state index contributed by atoms with van der Waals surface area (Å²) in [7, 11) is 0. The molecular weight excluding hydrogens is 451 g/mol. The first-order valence-corrected chi connectivity index (χ1v) is 11.4. The molecule has 0 radical (unpaired) electrons. The summed E-state index contributed by atoms with van der Waals surface area (Å²) < 4.78 is 0. The molecule has 0 aliphatic carbocycles. The normalized spacial score (nSPS) is 11.8. The van der Waals surface area contributed by atoms with Gasteiger partial charge in [0.25, 0.3) is 0 Å². The molecule has 2 aromatic carbocycles. The molecule has 0 saturated carbocycles. The predicted octanol–water partition coefficient (Wildman–Crippen LogP) is 5.68. The van der Waals surface area contributed by atoms with Gasteiger partial charge >= 0.3 is 0 Å². The summed E-state index contributed by atoms with van der Waals surface area (Å²) in [5.41, 5.74) is 0.812. The van der Waals surface area contributed by atoms with Crippen LogP contribution in [0.3, 0.4) is 0 Å². The Morgan fingerprint density at radius 1 is 1.03 bits per heavy atom. The van der Waals surface area contributed by atoms with Crippen molar-refractivity contribution in [1.82, 2.24) is 10.2 Å². The second-order valence-corrected chi connectivity index (χ2v) is 8.63. The monoisotopic (exact) mass is 472 g/mol. The van der Waals surface area contributed by atoms with Gasteiger partial charge in [-0.3, -0.25) is 9.59 Å². The van der Waals surface area contributed by atoms with E-state index < -0.39 is 6.04 Å². The number of halogens is 3. The lowest BCUT2D eigenvalue weighted by Gasteiger charge is -2.30. The van der Waals surface area contributed by atoms with E-state index in [1.807, 2.05) is 32.0 Å². The van der Waals surface area contributed by atoms with Crippen LogP contribution in [0.25, 0.3) is 0 Å². The Bertz CT molecular complexity index is 846. The van der Waals surface area contributed by atoms with Crippen molar-refractivity contribution in [2.75, 3.05) is 12.3 Å². The van der Waals surface area contributed by atoms with Gasteiger partial charge < -0.3 is 10.2 Å². The molecule has 0 heterocycles. The maximum Gasteiger partial charge on any atom is 0.242 e. The number of hydrogen-bond donors (Lipinski definition) is 1. The highest BCUT2D eigenvalue weighted by molar-refractivity contribution is 8.00. The van der Waals surface area contributed by atoms with Crippen LogP contribution in [-0.2, 0) is 16.1 Å². The van der Waals surface area contributed by atoms with Crippen molar-refractivity contribution in [3.8, 4) is 0 Å². The van der Waals surface area contributed by atoms with Crippen LogP contribution in [-0.4, -0.2) is 35.1 Å². The summed E-state index contributed by atoms with van der Waals surface area (Å²) in [4.78, 5) is 28.2. The molecule has 2 amide bonds. The van der Waals surface area contributed by atoms with Crippen LogP contribution >= 0.6 is 46.6 Å². The number of amides is 2. The summed E-state index contributed by atoms with van der Waals surface area (Å²) in [5.74, 6) is -0.0900. The minimum Gasteiger partial charge on any atom is -0.355 e.